The van der Waals surface area contributed by atoms with Gasteiger partial charge in [0.05, 0.1) is 0 Å². The number of hydrogen-bond acceptors (Lipinski definition) is 4. The number of nitrogens with one attached hydrogen (secondary N) is 1. The highest BCUT2D eigenvalue weighted by Crippen LogP contribution is 2.29. The number of nitrogens with zero attached hydrogens (tertiary/aromatic N) is 1. The standard InChI is InChI=1S/C11H14N2O3S/c1-6(7-3-2-4-7)12-9(14)10-13-8(5-17-10)11(15)16/h5-7H,2-4H2,1H3,(H,12,14)(H,15,16). The van der Waals surface area contributed by atoms with Gasteiger partial charge in [-0.2, -0.15) is 0 Å². The highest BCUT2D eigenvalue weighted by atomic mass is 32.1. The number of aromatic carboxylic acids is 1. The second-order valence-electron chi connectivity index (χ2n) is 4.30. The van der Waals surface area contributed by atoms with Crippen LogP contribution in [-0.2, 0) is 0 Å². The largest absolute Gasteiger partial charge is 0.476 e. The van der Waals surface area contributed by atoms with Crippen LogP contribution in [0.2, 0.25) is 0 Å². The molecule has 2 N–H and O–H groups in total. The molecule has 1 aromatic rings. The molecular weight excluding hydrogens is 240 g/mol. The Bertz CT molecular complexity index is 440. The van der Waals surface area contributed by atoms with Crippen molar-refractivity contribution in [2.75, 3.05) is 0 Å². The van der Waals surface area contributed by atoms with Crippen molar-refractivity contribution in [3.8, 4) is 0 Å². The zero-order chi connectivity index (χ0) is 12.4. The molecular formula is C11H14N2O3S. The number of hydrogen-bond donors (Lipinski definition) is 2. The van der Waals surface area contributed by atoms with Crippen LogP contribution in [0.3, 0.4) is 0 Å². The van der Waals surface area contributed by atoms with Gasteiger partial charge in [0, 0.05) is 11.4 Å². The highest BCUT2D eigenvalue weighted by Gasteiger charge is 2.26. The number of amides is 1. The van der Waals surface area contributed by atoms with Crippen LogP contribution in [-0.4, -0.2) is 28.0 Å². The van der Waals surface area contributed by atoms with Crippen LogP contribution in [0.1, 0.15) is 46.5 Å². The van der Waals surface area contributed by atoms with E-state index in [1.807, 2.05) is 6.92 Å². The molecule has 1 aromatic heterocycles. The van der Waals surface area contributed by atoms with Crippen LogP contribution in [0.4, 0.5) is 0 Å². The molecule has 1 aliphatic carbocycles. The molecule has 1 unspecified atom stereocenters. The Kier molecular flexibility index (Phi) is 3.42. The van der Waals surface area contributed by atoms with Gasteiger partial charge in [0.1, 0.15) is 0 Å². The number of rotatable bonds is 4. The van der Waals surface area contributed by atoms with Gasteiger partial charge in [-0.15, -0.1) is 11.3 Å². The van der Waals surface area contributed by atoms with Crippen LogP contribution in [0.25, 0.3) is 0 Å². The molecule has 0 radical (unpaired) electrons. The zero-order valence-corrected chi connectivity index (χ0v) is 10.3. The Morgan fingerprint density at radius 2 is 2.29 bits per heavy atom. The van der Waals surface area contributed by atoms with Crippen molar-refractivity contribution in [3.63, 3.8) is 0 Å². The average Bonchev–Trinajstić information content (AvgIpc) is 2.62. The summed E-state index contributed by atoms with van der Waals surface area (Å²) in [6, 6.07) is 0.133. The van der Waals surface area contributed by atoms with Gasteiger partial charge in [-0.25, -0.2) is 9.78 Å². The van der Waals surface area contributed by atoms with Gasteiger partial charge in [-0.05, 0) is 25.7 Å². The van der Waals surface area contributed by atoms with E-state index in [0.717, 1.165) is 24.2 Å². The third-order valence-corrected chi connectivity index (χ3v) is 3.97. The van der Waals surface area contributed by atoms with Crippen molar-refractivity contribution < 1.29 is 14.7 Å². The Labute approximate surface area is 103 Å². The number of carboxylic acids is 1. The summed E-state index contributed by atoms with van der Waals surface area (Å²) in [6.45, 7) is 1.98. The molecule has 0 aliphatic heterocycles. The van der Waals surface area contributed by atoms with Crippen LogP contribution in [0.5, 0.6) is 0 Å². The van der Waals surface area contributed by atoms with E-state index < -0.39 is 5.97 Å². The third kappa shape index (κ3) is 2.63. The topological polar surface area (TPSA) is 79.3 Å². The van der Waals surface area contributed by atoms with Gasteiger partial charge in [0.25, 0.3) is 5.91 Å². The SMILES string of the molecule is CC(NC(=O)c1nc(C(=O)O)cs1)C1CCC1. The maximum Gasteiger partial charge on any atom is 0.355 e. The average molecular weight is 254 g/mol. The number of aromatic nitrogens is 1. The summed E-state index contributed by atoms with van der Waals surface area (Å²) in [5, 5.41) is 13.2. The van der Waals surface area contributed by atoms with E-state index in [1.165, 1.54) is 11.8 Å². The molecule has 1 aliphatic rings. The molecule has 17 heavy (non-hydrogen) atoms. The summed E-state index contributed by atoms with van der Waals surface area (Å²) in [5.74, 6) is -0.827. The third-order valence-electron chi connectivity index (χ3n) is 3.13. The molecule has 1 fully saturated rings. The van der Waals surface area contributed by atoms with E-state index in [-0.39, 0.29) is 22.7 Å². The first-order chi connectivity index (χ1) is 8.08. The molecule has 1 heterocycles. The normalized spacial score (nSPS) is 17.2. The van der Waals surface area contributed by atoms with Gasteiger partial charge in [-0.1, -0.05) is 6.42 Å². The monoisotopic (exact) mass is 254 g/mol. The number of carbonyl (C=O) groups excluding carboxylic acids is 1. The molecule has 6 heteroatoms. The maximum atomic E-state index is 11.8. The smallest absolute Gasteiger partial charge is 0.355 e. The fourth-order valence-electron chi connectivity index (χ4n) is 1.80. The molecule has 92 valence electrons. The summed E-state index contributed by atoms with van der Waals surface area (Å²) in [4.78, 5) is 26.2. The first-order valence-electron chi connectivity index (χ1n) is 5.57. The molecule has 0 saturated heterocycles. The summed E-state index contributed by atoms with van der Waals surface area (Å²) in [5.41, 5.74) is -0.0727. The van der Waals surface area contributed by atoms with Crippen molar-refractivity contribution in [2.45, 2.75) is 32.2 Å². The summed E-state index contributed by atoms with van der Waals surface area (Å²) >= 11 is 1.06. The van der Waals surface area contributed by atoms with Gasteiger partial charge >= 0.3 is 5.97 Å². The molecule has 1 atom stereocenters. The van der Waals surface area contributed by atoms with E-state index in [4.69, 9.17) is 5.11 Å². The fourth-order valence-corrected chi connectivity index (χ4v) is 2.50. The quantitative estimate of drug-likeness (QED) is 0.858. The second-order valence-corrected chi connectivity index (χ2v) is 5.15. The summed E-state index contributed by atoms with van der Waals surface area (Å²) < 4.78 is 0. The maximum absolute atomic E-state index is 11.8. The van der Waals surface area contributed by atoms with Crippen LogP contribution in [0.15, 0.2) is 5.38 Å². The van der Waals surface area contributed by atoms with E-state index in [9.17, 15) is 9.59 Å². The van der Waals surface area contributed by atoms with Crippen LogP contribution >= 0.6 is 11.3 Å². The second kappa shape index (κ2) is 4.83. The van der Waals surface area contributed by atoms with Crippen molar-refractivity contribution in [2.24, 2.45) is 5.92 Å². The van der Waals surface area contributed by atoms with Gasteiger partial charge < -0.3 is 10.4 Å². The molecule has 0 spiro atoms. The molecule has 1 saturated carbocycles. The van der Waals surface area contributed by atoms with Crippen molar-refractivity contribution in [1.82, 2.24) is 10.3 Å². The Morgan fingerprint density at radius 1 is 1.59 bits per heavy atom. The Morgan fingerprint density at radius 3 is 2.76 bits per heavy atom. The lowest BCUT2D eigenvalue weighted by atomic mass is 9.80. The molecule has 2 rings (SSSR count). The van der Waals surface area contributed by atoms with Crippen molar-refractivity contribution >= 4 is 23.2 Å². The molecule has 0 aromatic carbocycles. The van der Waals surface area contributed by atoms with E-state index in [0.29, 0.717) is 5.92 Å². The minimum Gasteiger partial charge on any atom is -0.476 e. The summed E-state index contributed by atoms with van der Waals surface area (Å²) in [7, 11) is 0. The minimum absolute atomic E-state index is 0.0727. The predicted octanol–water partition coefficient (Wildman–Crippen LogP) is 1.76. The van der Waals surface area contributed by atoms with Crippen molar-refractivity contribution in [3.05, 3.63) is 16.1 Å². The van der Waals surface area contributed by atoms with E-state index in [2.05, 4.69) is 10.3 Å². The Hall–Kier alpha value is -1.43. The molecule has 5 nitrogen and oxygen atoms in total. The lowest BCUT2D eigenvalue weighted by Crippen LogP contribution is -2.40. The highest BCUT2D eigenvalue weighted by molar-refractivity contribution is 7.11. The first-order valence-corrected chi connectivity index (χ1v) is 6.45. The number of carboxylic acid groups (broad SMARTS) is 1. The van der Waals surface area contributed by atoms with Crippen LogP contribution in [0, 0.1) is 5.92 Å². The summed E-state index contributed by atoms with van der Waals surface area (Å²) in [6.07, 6.45) is 3.53. The first kappa shape index (κ1) is 12.0. The predicted molar refractivity (Wildman–Crippen MR) is 63.3 cm³/mol. The van der Waals surface area contributed by atoms with Gasteiger partial charge in [0.15, 0.2) is 10.7 Å². The minimum atomic E-state index is -1.10. The van der Waals surface area contributed by atoms with Gasteiger partial charge in [0.2, 0.25) is 0 Å². The zero-order valence-electron chi connectivity index (χ0n) is 9.47. The van der Waals surface area contributed by atoms with Crippen molar-refractivity contribution in [1.29, 1.82) is 0 Å². The number of carbonyl (C=O) groups is 2. The van der Waals surface area contributed by atoms with Crippen LogP contribution < -0.4 is 5.32 Å². The Balaban J connectivity index is 1.96. The lowest BCUT2D eigenvalue weighted by Gasteiger charge is -2.31. The molecule has 1 amide bonds. The fraction of sp³-hybridized carbons (Fsp3) is 0.545. The number of thiazole rings is 1. The van der Waals surface area contributed by atoms with Gasteiger partial charge in [-0.3, -0.25) is 4.79 Å². The van der Waals surface area contributed by atoms with E-state index >= 15 is 0 Å². The molecule has 0 bridgehead atoms. The van der Waals surface area contributed by atoms with E-state index in [1.54, 1.807) is 0 Å². The lowest BCUT2D eigenvalue weighted by molar-refractivity contribution is 0.0691.